The molecule has 1 unspecified atom stereocenters. The summed E-state index contributed by atoms with van der Waals surface area (Å²) in [4.78, 5) is 11.4. The molecule has 0 bridgehead atoms. The molecule has 0 radical (unpaired) electrons. The van der Waals surface area contributed by atoms with Gasteiger partial charge in [0.25, 0.3) is 0 Å². The van der Waals surface area contributed by atoms with Gasteiger partial charge in [-0.3, -0.25) is 4.79 Å². The zero-order chi connectivity index (χ0) is 20.4. The van der Waals surface area contributed by atoms with Gasteiger partial charge in [-0.25, -0.2) is 0 Å². The van der Waals surface area contributed by atoms with E-state index in [2.05, 4.69) is 5.32 Å². The molecule has 162 valence electrons. The fourth-order valence-electron chi connectivity index (χ4n) is 1.79. The molecule has 0 aromatic rings. The minimum Gasteiger partial charge on any atom is -0.460 e. The third kappa shape index (κ3) is 21.3. The van der Waals surface area contributed by atoms with E-state index >= 15 is 0 Å². The third-order valence-electron chi connectivity index (χ3n) is 3.00. The van der Waals surface area contributed by atoms with E-state index in [0.29, 0.717) is 65.9 Å². The number of hydrogen-bond acceptors (Lipinski definition) is 9. The zero-order valence-electron chi connectivity index (χ0n) is 16.9. The molecule has 0 saturated carbocycles. The van der Waals surface area contributed by atoms with Crippen molar-refractivity contribution >= 4 is 5.97 Å². The van der Waals surface area contributed by atoms with Crippen LogP contribution in [0.1, 0.15) is 27.2 Å². The second-order valence-corrected chi connectivity index (χ2v) is 6.83. The van der Waals surface area contributed by atoms with Crippen molar-refractivity contribution in [3.05, 3.63) is 0 Å². The lowest BCUT2D eigenvalue weighted by atomic mass is 10.2. The highest BCUT2D eigenvalue weighted by molar-refractivity contribution is 5.69. The van der Waals surface area contributed by atoms with Crippen molar-refractivity contribution in [2.45, 2.75) is 38.9 Å². The molecule has 0 amide bonds. The maximum absolute atomic E-state index is 11.4. The second-order valence-electron chi connectivity index (χ2n) is 6.83. The minimum absolute atomic E-state index is 0.234. The molecule has 0 rings (SSSR count). The molecule has 0 saturated heterocycles. The molecule has 3 N–H and O–H groups in total. The molecule has 0 aromatic heterocycles. The first-order chi connectivity index (χ1) is 12.8. The van der Waals surface area contributed by atoms with Crippen LogP contribution < -0.4 is 5.32 Å². The molecule has 27 heavy (non-hydrogen) atoms. The van der Waals surface area contributed by atoms with Crippen LogP contribution in [0, 0.1) is 0 Å². The average molecular weight is 395 g/mol. The van der Waals surface area contributed by atoms with Gasteiger partial charge in [0.15, 0.2) is 0 Å². The van der Waals surface area contributed by atoms with Crippen molar-refractivity contribution in [3.63, 3.8) is 0 Å². The summed E-state index contributed by atoms with van der Waals surface area (Å²) in [5.41, 5.74) is -0.466. The number of rotatable bonds is 18. The summed E-state index contributed by atoms with van der Waals surface area (Å²) in [5.74, 6) is -0.266. The summed E-state index contributed by atoms with van der Waals surface area (Å²) in [6.45, 7) is 9.80. The van der Waals surface area contributed by atoms with Gasteiger partial charge in [-0.2, -0.15) is 0 Å². The first-order valence-corrected chi connectivity index (χ1v) is 9.37. The summed E-state index contributed by atoms with van der Waals surface area (Å²) in [5, 5.41) is 20.7. The number of carbonyl (C=O) groups excluding carboxylic acids is 1. The number of aliphatic hydroxyl groups is 2. The fourth-order valence-corrected chi connectivity index (χ4v) is 1.79. The Labute approximate surface area is 162 Å². The highest BCUT2D eigenvalue weighted by atomic mass is 16.6. The first kappa shape index (κ1) is 26.2. The summed E-state index contributed by atoms with van der Waals surface area (Å²) < 4.78 is 26.5. The third-order valence-corrected chi connectivity index (χ3v) is 3.00. The number of hydrogen-bond donors (Lipinski definition) is 3. The molecule has 9 nitrogen and oxygen atoms in total. The number of aliphatic hydroxyl groups excluding tert-OH is 2. The molecule has 0 aliphatic rings. The molecular formula is C18H37NO8. The van der Waals surface area contributed by atoms with Crippen molar-refractivity contribution in [3.8, 4) is 0 Å². The van der Waals surface area contributed by atoms with E-state index in [4.69, 9.17) is 33.9 Å². The summed E-state index contributed by atoms with van der Waals surface area (Å²) in [6.07, 6.45) is -0.499. The minimum atomic E-state index is -0.733. The molecule has 9 heteroatoms. The van der Waals surface area contributed by atoms with Crippen LogP contribution in [0.15, 0.2) is 0 Å². The Morgan fingerprint density at radius 3 is 1.85 bits per heavy atom. The van der Waals surface area contributed by atoms with Gasteiger partial charge in [0, 0.05) is 13.1 Å². The molecule has 0 aromatic carbocycles. The molecule has 0 heterocycles. The predicted octanol–water partition coefficient (Wildman–Crippen LogP) is -0.273. The quantitative estimate of drug-likeness (QED) is 0.213. The van der Waals surface area contributed by atoms with Crippen molar-refractivity contribution in [1.29, 1.82) is 0 Å². The van der Waals surface area contributed by atoms with Gasteiger partial charge >= 0.3 is 5.97 Å². The highest BCUT2D eigenvalue weighted by Crippen LogP contribution is 2.07. The summed E-state index contributed by atoms with van der Waals surface area (Å²) in [7, 11) is 0. The molecular weight excluding hydrogens is 358 g/mol. The van der Waals surface area contributed by atoms with Crippen LogP contribution in [-0.4, -0.2) is 100 Å². The lowest BCUT2D eigenvalue weighted by molar-refractivity contribution is -0.156. The number of ether oxygens (including phenoxy) is 5. The number of esters is 1. The van der Waals surface area contributed by atoms with E-state index in [1.165, 1.54) is 0 Å². The maximum atomic E-state index is 11.4. The van der Waals surface area contributed by atoms with Gasteiger partial charge in [-0.15, -0.1) is 0 Å². The Bertz CT molecular complexity index is 349. The van der Waals surface area contributed by atoms with Crippen LogP contribution in [0.4, 0.5) is 0 Å². The maximum Gasteiger partial charge on any atom is 0.308 e. The summed E-state index contributed by atoms with van der Waals surface area (Å²) in [6, 6.07) is 0. The molecule has 0 aliphatic heterocycles. The summed E-state index contributed by atoms with van der Waals surface area (Å²) >= 11 is 0. The second kappa shape index (κ2) is 17.3. The van der Waals surface area contributed by atoms with Crippen LogP contribution in [0.2, 0.25) is 0 Å². The predicted molar refractivity (Wildman–Crippen MR) is 99.7 cm³/mol. The molecule has 0 fully saturated rings. The molecule has 0 aliphatic carbocycles. The van der Waals surface area contributed by atoms with Crippen LogP contribution in [0.3, 0.4) is 0 Å². The SMILES string of the molecule is CC(C)(C)OC(=O)CCOCCOCCOCCOCCNCC(O)CO. The first-order valence-electron chi connectivity index (χ1n) is 9.37. The van der Waals surface area contributed by atoms with Crippen LogP contribution in [-0.2, 0) is 28.5 Å². The Morgan fingerprint density at radius 2 is 1.37 bits per heavy atom. The Hall–Kier alpha value is -0.810. The smallest absolute Gasteiger partial charge is 0.308 e. The average Bonchev–Trinajstić information content (AvgIpc) is 2.59. The lowest BCUT2D eigenvalue weighted by Gasteiger charge is -2.19. The Balaban J connectivity index is 3.16. The van der Waals surface area contributed by atoms with Gasteiger partial charge < -0.3 is 39.2 Å². The van der Waals surface area contributed by atoms with Crippen LogP contribution >= 0.6 is 0 Å². The van der Waals surface area contributed by atoms with Gasteiger partial charge in [0.1, 0.15) is 5.60 Å². The normalized spacial score (nSPS) is 12.9. The molecule has 0 spiro atoms. The Kier molecular flexibility index (Phi) is 16.8. The van der Waals surface area contributed by atoms with Gasteiger partial charge in [-0.05, 0) is 20.8 Å². The van der Waals surface area contributed by atoms with E-state index in [-0.39, 0.29) is 19.0 Å². The van der Waals surface area contributed by atoms with Crippen LogP contribution in [0.5, 0.6) is 0 Å². The van der Waals surface area contributed by atoms with E-state index in [1.807, 2.05) is 20.8 Å². The van der Waals surface area contributed by atoms with E-state index in [0.717, 1.165) is 0 Å². The standard InChI is InChI=1S/C18H37NO8/c1-18(2,3)27-17(22)4-6-23-8-10-25-12-13-26-11-9-24-7-5-19-14-16(21)15-20/h16,19-21H,4-15H2,1-3H3. The highest BCUT2D eigenvalue weighted by Gasteiger charge is 2.15. The fraction of sp³-hybridized carbons (Fsp3) is 0.944. The van der Waals surface area contributed by atoms with Gasteiger partial charge in [0.05, 0.1) is 72.0 Å². The lowest BCUT2D eigenvalue weighted by Crippen LogP contribution is -2.31. The van der Waals surface area contributed by atoms with E-state index in [1.54, 1.807) is 0 Å². The van der Waals surface area contributed by atoms with Gasteiger partial charge in [-0.1, -0.05) is 0 Å². The monoisotopic (exact) mass is 395 g/mol. The Morgan fingerprint density at radius 1 is 0.889 bits per heavy atom. The number of carbonyl (C=O) groups is 1. The zero-order valence-corrected chi connectivity index (χ0v) is 16.9. The van der Waals surface area contributed by atoms with Crippen molar-refractivity contribution in [1.82, 2.24) is 5.32 Å². The number of nitrogens with one attached hydrogen (secondary N) is 1. The van der Waals surface area contributed by atoms with Crippen molar-refractivity contribution in [2.75, 3.05) is 72.6 Å². The van der Waals surface area contributed by atoms with Crippen molar-refractivity contribution < 1.29 is 38.7 Å². The topological polar surface area (TPSA) is 116 Å². The van der Waals surface area contributed by atoms with Crippen LogP contribution in [0.25, 0.3) is 0 Å². The largest absolute Gasteiger partial charge is 0.460 e. The van der Waals surface area contributed by atoms with Crippen molar-refractivity contribution in [2.24, 2.45) is 0 Å². The molecule has 1 atom stereocenters. The van der Waals surface area contributed by atoms with E-state index in [9.17, 15) is 4.79 Å². The van der Waals surface area contributed by atoms with E-state index < -0.39 is 11.7 Å². The van der Waals surface area contributed by atoms with Gasteiger partial charge in [0.2, 0.25) is 0 Å².